The van der Waals surface area contributed by atoms with E-state index in [0.717, 1.165) is 0 Å². The zero-order valence-corrected chi connectivity index (χ0v) is 4.39. The Balaban J connectivity index is 2.45. The fourth-order valence-electron chi connectivity index (χ4n) is 0.241. The molecule has 3 heteroatoms. The molecule has 0 saturated carbocycles. The van der Waals surface area contributed by atoms with Crippen LogP contribution in [0.1, 0.15) is 6.92 Å². The molecule has 0 aromatic heterocycles. The SMILES string of the molecule is CCOCCOO. The highest BCUT2D eigenvalue weighted by molar-refractivity contribution is 4.20. The molecule has 0 saturated heterocycles. The first kappa shape index (κ1) is 6.88. The maximum absolute atomic E-state index is 7.71. The molecule has 0 spiro atoms. The molecule has 0 aliphatic carbocycles. The summed E-state index contributed by atoms with van der Waals surface area (Å²) in [7, 11) is 0. The molecule has 44 valence electrons. The predicted octanol–water partition coefficient (Wildman–Crippen LogP) is 0.512. The molecule has 0 amide bonds. The molecule has 7 heavy (non-hydrogen) atoms. The second-order valence-electron chi connectivity index (χ2n) is 1.03. The predicted molar refractivity (Wildman–Crippen MR) is 25.1 cm³/mol. The van der Waals surface area contributed by atoms with Gasteiger partial charge < -0.3 is 4.74 Å². The van der Waals surface area contributed by atoms with Crippen LogP contribution in [0, 0.1) is 0 Å². The standard InChI is InChI=1S/C4H10O3/c1-2-6-3-4-7-5/h5H,2-4H2,1H3. The smallest absolute Gasteiger partial charge is 0.105 e. The van der Waals surface area contributed by atoms with Crippen LogP contribution >= 0.6 is 0 Å². The van der Waals surface area contributed by atoms with E-state index in [1.807, 2.05) is 6.92 Å². The summed E-state index contributed by atoms with van der Waals surface area (Å²) in [5, 5.41) is 7.71. The highest BCUT2D eigenvalue weighted by Gasteiger charge is 1.79. The van der Waals surface area contributed by atoms with E-state index in [1.54, 1.807) is 0 Å². The van der Waals surface area contributed by atoms with Crippen molar-refractivity contribution in [3.05, 3.63) is 0 Å². The van der Waals surface area contributed by atoms with Crippen molar-refractivity contribution in [2.45, 2.75) is 6.92 Å². The van der Waals surface area contributed by atoms with E-state index in [2.05, 4.69) is 4.89 Å². The third kappa shape index (κ3) is 5.88. The van der Waals surface area contributed by atoms with Crippen LogP contribution in [-0.2, 0) is 9.62 Å². The molecular weight excluding hydrogens is 96.0 g/mol. The van der Waals surface area contributed by atoms with Crippen LogP contribution < -0.4 is 0 Å². The van der Waals surface area contributed by atoms with Gasteiger partial charge in [0.15, 0.2) is 0 Å². The Labute approximate surface area is 42.8 Å². The van der Waals surface area contributed by atoms with Crippen molar-refractivity contribution in [3.63, 3.8) is 0 Å². The maximum atomic E-state index is 7.71. The summed E-state index contributed by atoms with van der Waals surface area (Å²) in [5.74, 6) is 0. The molecule has 3 nitrogen and oxygen atoms in total. The van der Waals surface area contributed by atoms with Crippen LogP contribution in [0.2, 0.25) is 0 Å². The van der Waals surface area contributed by atoms with Crippen molar-refractivity contribution in [3.8, 4) is 0 Å². The van der Waals surface area contributed by atoms with Crippen molar-refractivity contribution < 1.29 is 14.9 Å². The highest BCUT2D eigenvalue weighted by Crippen LogP contribution is 1.71. The minimum absolute atomic E-state index is 0.258. The number of ether oxygens (including phenoxy) is 1. The van der Waals surface area contributed by atoms with E-state index in [1.165, 1.54) is 0 Å². The van der Waals surface area contributed by atoms with Gasteiger partial charge in [0.25, 0.3) is 0 Å². The van der Waals surface area contributed by atoms with Gasteiger partial charge >= 0.3 is 0 Å². The van der Waals surface area contributed by atoms with E-state index in [9.17, 15) is 0 Å². The van der Waals surface area contributed by atoms with E-state index in [4.69, 9.17) is 9.99 Å². The molecule has 0 heterocycles. The first-order valence-corrected chi connectivity index (χ1v) is 2.26. The Bertz CT molecular complexity index is 26.1. The summed E-state index contributed by atoms with van der Waals surface area (Å²) in [6.45, 7) is 3.28. The fourth-order valence-corrected chi connectivity index (χ4v) is 0.241. The third-order valence-electron chi connectivity index (χ3n) is 0.523. The summed E-state index contributed by atoms with van der Waals surface area (Å²) in [6.07, 6.45) is 0. The molecule has 0 aliphatic heterocycles. The second kappa shape index (κ2) is 5.88. The quantitative estimate of drug-likeness (QED) is 0.322. The van der Waals surface area contributed by atoms with Crippen LogP contribution in [0.25, 0.3) is 0 Å². The Morgan fingerprint density at radius 1 is 1.43 bits per heavy atom. The maximum Gasteiger partial charge on any atom is 0.105 e. The molecular formula is C4H10O3. The van der Waals surface area contributed by atoms with Crippen LogP contribution in [0.5, 0.6) is 0 Å². The molecule has 1 N–H and O–H groups in total. The minimum Gasteiger partial charge on any atom is -0.379 e. The zero-order valence-electron chi connectivity index (χ0n) is 4.39. The Morgan fingerprint density at radius 2 is 2.14 bits per heavy atom. The topological polar surface area (TPSA) is 38.7 Å². The molecule has 0 unspecified atom stereocenters. The van der Waals surface area contributed by atoms with E-state index >= 15 is 0 Å². The van der Waals surface area contributed by atoms with Gasteiger partial charge in [0.05, 0.1) is 6.61 Å². The Morgan fingerprint density at radius 3 is 2.57 bits per heavy atom. The van der Waals surface area contributed by atoms with Crippen LogP contribution in [0.4, 0.5) is 0 Å². The van der Waals surface area contributed by atoms with E-state index in [-0.39, 0.29) is 6.61 Å². The highest BCUT2D eigenvalue weighted by atomic mass is 17.1. The van der Waals surface area contributed by atoms with Crippen molar-refractivity contribution in [1.29, 1.82) is 0 Å². The lowest BCUT2D eigenvalue weighted by atomic mass is 10.8. The fraction of sp³-hybridized carbons (Fsp3) is 1.00. The molecule has 0 aliphatic rings. The average molecular weight is 106 g/mol. The summed E-state index contributed by atoms with van der Waals surface area (Å²) in [6, 6.07) is 0. The lowest BCUT2D eigenvalue weighted by Gasteiger charge is -1.94. The molecule has 0 bridgehead atoms. The van der Waals surface area contributed by atoms with Crippen molar-refractivity contribution in [2.24, 2.45) is 0 Å². The first-order valence-electron chi connectivity index (χ1n) is 2.26. The molecule has 0 rings (SSSR count). The van der Waals surface area contributed by atoms with Gasteiger partial charge in [-0.1, -0.05) is 0 Å². The largest absolute Gasteiger partial charge is 0.379 e. The first-order chi connectivity index (χ1) is 3.41. The van der Waals surface area contributed by atoms with Gasteiger partial charge in [-0.25, -0.2) is 4.89 Å². The number of hydrogen-bond donors (Lipinski definition) is 1. The monoisotopic (exact) mass is 106 g/mol. The second-order valence-corrected chi connectivity index (χ2v) is 1.03. The van der Waals surface area contributed by atoms with Crippen LogP contribution in [0.15, 0.2) is 0 Å². The minimum atomic E-state index is 0.258. The normalized spacial score (nSPS) is 9.43. The molecule has 0 fully saturated rings. The van der Waals surface area contributed by atoms with Gasteiger partial charge in [-0.3, -0.25) is 5.26 Å². The summed E-state index contributed by atoms with van der Waals surface area (Å²) >= 11 is 0. The molecule has 0 aromatic carbocycles. The summed E-state index contributed by atoms with van der Waals surface area (Å²) < 4.78 is 4.79. The van der Waals surface area contributed by atoms with Crippen molar-refractivity contribution >= 4 is 0 Å². The summed E-state index contributed by atoms with van der Waals surface area (Å²) in [4.78, 5) is 3.72. The Hall–Kier alpha value is -0.120. The molecule has 0 atom stereocenters. The lowest BCUT2D eigenvalue weighted by Crippen LogP contribution is -2.00. The number of rotatable bonds is 4. The molecule has 0 radical (unpaired) electrons. The van der Waals surface area contributed by atoms with Crippen LogP contribution in [0.3, 0.4) is 0 Å². The average Bonchev–Trinajstić information content (AvgIpc) is 1.69. The van der Waals surface area contributed by atoms with Gasteiger partial charge in [-0.15, -0.1) is 0 Å². The van der Waals surface area contributed by atoms with E-state index < -0.39 is 0 Å². The van der Waals surface area contributed by atoms with Gasteiger partial charge in [0, 0.05) is 6.61 Å². The van der Waals surface area contributed by atoms with Gasteiger partial charge in [-0.2, -0.15) is 0 Å². The van der Waals surface area contributed by atoms with Gasteiger partial charge in [0.2, 0.25) is 0 Å². The third-order valence-corrected chi connectivity index (χ3v) is 0.523. The van der Waals surface area contributed by atoms with Crippen molar-refractivity contribution in [1.82, 2.24) is 0 Å². The van der Waals surface area contributed by atoms with Gasteiger partial charge in [-0.05, 0) is 6.92 Å². The van der Waals surface area contributed by atoms with Gasteiger partial charge in [0.1, 0.15) is 6.61 Å². The zero-order chi connectivity index (χ0) is 5.54. The van der Waals surface area contributed by atoms with Crippen molar-refractivity contribution in [2.75, 3.05) is 19.8 Å². The summed E-state index contributed by atoms with van der Waals surface area (Å²) in [5.41, 5.74) is 0. The number of hydrogen-bond acceptors (Lipinski definition) is 3. The molecule has 0 aromatic rings. The lowest BCUT2D eigenvalue weighted by molar-refractivity contribution is -0.248. The van der Waals surface area contributed by atoms with Crippen LogP contribution in [-0.4, -0.2) is 25.1 Å². The Kier molecular flexibility index (Phi) is 5.78. The van der Waals surface area contributed by atoms with E-state index in [0.29, 0.717) is 13.2 Å².